The monoisotopic (exact) mass is 276 g/mol. The Morgan fingerprint density at radius 2 is 2.00 bits per heavy atom. The van der Waals surface area contributed by atoms with Gasteiger partial charge in [0.15, 0.2) is 0 Å². The maximum Gasteiger partial charge on any atom is 0.416 e. The SMILES string of the molecule is NNC(=NC1CC1)Nc1cc(C(F)(F)F)ccc1F. The van der Waals surface area contributed by atoms with Crippen molar-refractivity contribution in [3.63, 3.8) is 0 Å². The molecule has 0 bridgehead atoms. The molecule has 0 amide bonds. The van der Waals surface area contributed by atoms with Crippen LogP contribution in [0.4, 0.5) is 23.2 Å². The van der Waals surface area contributed by atoms with Gasteiger partial charge in [-0.3, -0.25) is 5.43 Å². The summed E-state index contributed by atoms with van der Waals surface area (Å²) >= 11 is 0. The number of nitrogens with zero attached hydrogens (tertiary/aromatic N) is 1. The summed E-state index contributed by atoms with van der Waals surface area (Å²) in [6.45, 7) is 0. The van der Waals surface area contributed by atoms with Crippen LogP contribution in [0.5, 0.6) is 0 Å². The molecule has 1 saturated carbocycles. The predicted octanol–water partition coefficient (Wildman–Crippen LogP) is 2.24. The number of hydrogen-bond acceptors (Lipinski definition) is 2. The van der Waals surface area contributed by atoms with Crippen LogP contribution in [0.25, 0.3) is 0 Å². The highest BCUT2D eigenvalue weighted by Crippen LogP contribution is 2.32. The van der Waals surface area contributed by atoms with Gasteiger partial charge < -0.3 is 5.32 Å². The van der Waals surface area contributed by atoms with Crippen LogP contribution in [0.2, 0.25) is 0 Å². The summed E-state index contributed by atoms with van der Waals surface area (Å²) in [5, 5.41) is 2.42. The maximum atomic E-state index is 13.5. The van der Waals surface area contributed by atoms with E-state index >= 15 is 0 Å². The first-order chi connectivity index (χ1) is 8.90. The Hall–Kier alpha value is -1.83. The number of benzene rings is 1. The number of halogens is 4. The van der Waals surface area contributed by atoms with Gasteiger partial charge in [0.25, 0.3) is 0 Å². The standard InChI is InChI=1S/C11H12F4N4/c12-8-4-1-6(11(13,14)15)5-9(8)18-10(19-16)17-7-2-3-7/h1,4-5,7H,2-3,16H2,(H2,17,18,19). The molecule has 4 nitrogen and oxygen atoms in total. The molecule has 4 N–H and O–H groups in total. The zero-order chi connectivity index (χ0) is 14.0. The first-order valence-electron chi connectivity index (χ1n) is 5.58. The highest BCUT2D eigenvalue weighted by molar-refractivity contribution is 5.93. The third-order valence-corrected chi connectivity index (χ3v) is 2.54. The summed E-state index contributed by atoms with van der Waals surface area (Å²) in [7, 11) is 0. The predicted molar refractivity (Wildman–Crippen MR) is 62.8 cm³/mol. The molecule has 1 aliphatic rings. The summed E-state index contributed by atoms with van der Waals surface area (Å²) < 4.78 is 51.0. The van der Waals surface area contributed by atoms with Crippen molar-refractivity contribution in [3.05, 3.63) is 29.6 Å². The molecule has 104 valence electrons. The highest BCUT2D eigenvalue weighted by atomic mass is 19.4. The van der Waals surface area contributed by atoms with Gasteiger partial charge in [0.1, 0.15) is 5.82 Å². The van der Waals surface area contributed by atoms with E-state index in [9.17, 15) is 17.6 Å². The van der Waals surface area contributed by atoms with Crippen LogP contribution < -0.4 is 16.6 Å². The van der Waals surface area contributed by atoms with E-state index in [1.54, 1.807) is 0 Å². The lowest BCUT2D eigenvalue weighted by Crippen LogP contribution is -2.36. The quantitative estimate of drug-likeness (QED) is 0.255. The Balaban J connectivity index is 2.23. The number of guanidine groups is 1. The summed E-state index contributed by atoms with van der Waals surface area (Å²) in [5.74, 6) is 4.41. The number of anilines is 1. The van der Waals surface area contributed by atoms with E-state index in [0.29, 0.717) is 12.1 Å². The second-order valence-electron chi connectivity index (χ2n) is 4.17. The van der Waals surface area contributed by atoms with Gasteiger partial charge in [0.2, 0.25) is 5.96 Å². The molecule has 0 aliphatic heterocycles. The average molecular weight is 276 g/mol. The number of nitrogens with two attached hydrogens (primary N) is 1. The van der Waals surface area contributed by atoms with Gasteiger partial charge in [-0.15, -0.1) is 0 Å². The number of hydrazine groups is 1. The van der Waals surface area contributed by atoms with E-state index in [1.165, 1.54) is 0 Å². The molecule has 0 aromatic heterocycles. The lowest BCUT2D eigenvalue weighted by molar-refractivity contribution is -0.137. The van der Waals surface area contributed by atoms with Gasteiger partial charge in [0, 0.05) is 0 Å². The number of aliphatic imine (C=N–C) groups is 1. The van der Waals surface area contributed by atoms with Crippen molar-refractivity contribution >= 4 is 11.6 Å². The van der Waals surface area contributed by atoms with Crippen LogP contribution in [-0.2, 0) is 6.18 Å². The van der Waals surface area contributed by atoms with Crippen LogP contribution in [0.1, 0.15) is 18.4 Å². The molecule has 0 atom stereocenters. The first kappa shape index (κ1) is 13.6. The lowest BCUT2D eigenvalue weighted by Gasteiger charge is -2.12. The molecule has 0 heterocycles. The van der Waals surface area contributed by atoms with E-state index in [-0.39, 0.29) is 17.7 Å². The average Bonchev–Trinajstić information content (AvgIpc) is 3.13. The number of rotatable bonds is 2. The van der Waals surface area contributed by atoms with Crippen LogP contribution in [0.3, 0.4) is 0 Å². The lowest BCUT2D eigenvalue weighted by atomic mass is 10.2. The minimum Gasteiger partial charge on any atom is -0.323 e. The molecular weight excluding hydrogens is 264 g/mol. The van der Waals surface area contributed by atoms with Gasteiger partial charge in [-0.1, -0.05) is 0 Å². The van der Waals surface area contributed by atoms with E-state index in [2.05, 4.69) is 15.7 Å². The Kier molecular flexibility index (Phi) is 3.61. The second kappa shape index (κ2) is 5.04. The molecule has 8 heteroatoms. The molecule has 1 aromatic carbocycles. The third-order valence-electron chi connectivity index (χ3n) is 2.54. The van der Waals surface area contributed by atoms with Crippen LogP contribution >= 0.6 is 0 Å². The van der Waals surface area contributed by atoms with Gasteiger partial charge in [-0.05, 0) is 31.0 Å². The summed E-state index contributed by atoms with van der Waals surface area (Å²) in [6.07, 6.45) is -2.76. The molecule has 1 aromatic rings. The molecule has 1 aliphatic carbocycles. The molecule has 0 unspecified atom stereocenters. The molecule has 19 heavy (non-hydrogen) atoms. The summed E-state index contributed by atoms with van der Waals surface area (Å²) in [4.78, 5) is 4.06. The molecular formula is C11H12F4N4. The fourth-order valence-corrected chi connectivity index (χ4v) is 1.42. The van der Waals surface area contributed by atoms with Gasteiger partial charge in [-0.25, -0.2) is 15.2 Å². The zero-order valence-electron chi connectivity index (χ0n) is 9.76. The minimum absolute atomic E-state index is 0.0423. The number of nitrogens with one attached hydrogen (secondary N) is 2. The molecule has 0 saturated heterocycles. The molecule has 2 rings (SSSR count). The van der Waals surface area contributed by atoms with E-state index in [4.69, 9.17) is 5.84 Å². The minimum atomic E-state index is -4.53. The zero-order valence-corrected chi connectivity index (χ0v) is 9.76. The Labute approximate surface area is 106 Å². The van der Waals surface area contributed by atoms with Crippen LogP contribution in [-0.4, -0.2) is 12.0 Å². The van der Waals surface area contributed by atoms with Crippen molar-refractivity contribution in [2.75, 3.05) is 5.32 Å². The van der Waals surface area contributed by atoms with Crippen molar-refractivity contribution in [1.82, 2.24) is 5.43 Å². The van der Waals surface area contributed by atoms with Crippen LogP contribution in [0, 0.1) is 5.82 Å². The fourth-order valence-electron chi connectivity index (χ4n) is 1.42. The van der Waals surface area contributed by atoms with E-state index in [1.807, 2.05) is 0 Å². The molecule has 0 spiro atoms. The number of hydrogen-bond donors (Lipinski definition) is 3. The Morgan fingerprint density at radius 1 is 1.32 bits per heavy atom. The van der Waals surface area contributed by atoms with Crippen molar-refractivity contribution in [2.24, 2.45) is 10.8 Å². The van der Waals surface area contributed by atoms with E-state index in [0.717, 1.165) is 18.9 Å². The summed E-state index contributed by atoms with van der Waals surface area (Å²) in [6, 6.07) is 2.19. The van der Waals surface area contributed by atoms with Crippen molar-refractivity contribution < 1.29 is 17.6 Å². The third kappa shape index (κ3) is 3.57. The first-order valence-corrected chi connectivity index (χ1v) is 5.58. The number of alkyl halides is 3. The van der Waals surface area contributed by atoms with Crippen LogP contribution in [0.15, 0.2) is 23.2 Å². The Morgan fingerprint density at radius 3 is 2.53 bits per heavy atom. The summed E-state index contributed by atoms with van der Waals surface area (Å²) in [5.41, 5.74) is 0.926. The second-order valence-corrected chi connectivity index (χ2v) is 4.17. The highest BCUT2D eigenvalue weighted by Gasteiger charge is 2.31. The largest absolute Gasteiger partial charge is 0.416 e. The van der Waals surface area contributed by atoms with E-state index < -0.39 is 17.6 Å². The van der Waals surface area contributed by atoms with Gasteiger partial charge >= 0.3 is 6.18 Å². The molecule has 0 radical (unpaired) electrons. The fraction of sp³-hybridized carbons (Fsp3) is 0.364. The smallest absolute Gasteiger partial charge is 0.323 e. The molecule has 1 fully saturated rings. The van der Waals surface area contributed by atoms with Crippen molar-refractivity contribution in [3.8, 4) is 0 Å². The van der Waals surface area contributed by atoms with Gasteiger partial charge in [0.05, 0.1) is 17.3 Å². The maximum absolute atomic E-state index is 13.5. The Bertz CT molecular complexity index is 494. The van der Waals surface area contributed by atoms with Crippen molar-refractivity contribution in [2.45, 2.75) is 25.1 Å². The normalized spacial score (nSPS) is 16.4. The van der Waals surface area contributed by atoms with Gasteiger partial charge in [-0.2, -0.15) is 13.2 Å². The topological polar surface area (TPSA) is 62.4 Å². The van der Waals surface area contributed by atoms with Crippen molar-refractivity contribution in [1.29, 1.82) is 0 Å².